The average molecular weight is 270 g/mol. The number of nitrogens with one attached hydrogen (secondary N) is 2. The maximum atomic E-state index is 8.47. The van der Waals surface area contributed by atoms with Gasteiger partial charge in [-0.15, -0.1) is 0 Å². The summed E-state index contributed by atoms with van der Waals surface area (Å²) in [6.45, 7) is 4.24. The van der Waals surface area contributed by atoms with Crippen LogP contribution in [0, 0.1) is 11.3 Å². The van der Waals surface area contributed by atoms with Crippen molar-refractivity contribution in [3.63, 3.8) is 0 Å². The number of rotatable bonds is 6. The maximum Gasteiger partial charge on any atom is 0.174 e. The molecular weight excluding hydrogens is 252 g/mol. The summed E-state index contributed by atoms with van der Waals surface area (Å²) in [4.78, 5) is 7.34. The van der Waals surface area contributed by atoms with Crippen LogP contribution in [0.5, 0.6) is 5.75 Å². The Morgan fingerprint density at radius 3 is 2.65 bits per heavy atom. The van der Waals surface area contributed by atoms with Crippen molar-refractivity contribution in [1.29, 1.82) is 5.26 Å². The second kappa shape index (κ2) is 6.73. The van der Waals surface area contributed by atoms with Crippen LogP contribution in [0.2, 0.25) is 0 Å². The minimum absolute atomic E-state index is 0.0721. The molecule has 1 heterocycles. The Kier molecular flexibility index (Phi) is 4.75. The Bertz CT molecular complexity index is 557. The number of hydrogen-bond donors (Lipinski definition) is 2. The Balaban J connectivity index is 1.95. The highest BCUT2D eigenvalue weighted by Gasteiger charge is 2.12. The van der Waals surface area contributed by atoms with Crippen molar-refractivity contribution in [3.05, 3.63) is 48.0 Å². The van der Waals surface area contributed by atoms with E-state index in [-0.39, 0.29) is 18.7 Å². The molecule has 0 aliphatic rings. The third-order valence-corrected chi connectivity index (χ3v) is 3.11. The Hall–Kier alpha value is -2.32. The Morgan fingerprint density at radius 1 is 1.30 bits per heavy atom. The van der Waals surface area contributed by atoms with Gasteiger partial charge in [0.05, 0.1) is 6.04 Å². The van der Waals surface area contributed by atoms with E-state index in [0.717, 1.165) is 11.4 Å². The van der Waals surface area contributed by atoms with Gasteiger partial charge in [-0.2, -0.15) is 5.26 Å². The van der Waals surface area contributed by atoms with E-state index >= 15 is 0 Å². The van der Waals surface area contributed by atoms with Gasteiger partial charge in [-0.3, -0.25) is 0 Å². The summed E-state index contributed by atoms with van der Waals surface area (Å²) in [5, 5.41) is 11.9. The van der Waals surface area contributed by atoms with Crippen molar-refractivity contribution in [3.8, 4) is 11.8 Å². The first-order valence-electron chi connectivity index (χ1n) is 6.55. The molecule has 0 spiro atoms. The first-order valence-corrected chi connectivity index (χ1v) is 6.55. The van der Waals surface area contributed by atoms with E-state index in [1.54, 1.807) is 6.20 Å². The van der Waals surface area contributed by atoms with Gasteiger partial charge in [0.25, 0.3) is 0 Å². The molecule has 2 N–H and O–H groups in total. The molecule has 2 aromatic rings. The summed E-state index contributed by atoms with van der Waals surface area (Å²) < 4.78 is 5.23. The molecule has 5 heteroatoms. The van der Waals surface area contributed by atoms with Gasteiger partial charge in [0.2, 0.25) is 0 Å². The average Bonchev–Trinajstić information content (AvgIpc) is 3.00. The molecule has 0 aliphatic carbocycles. The van der Waals surface area contributed by atoms with Crippen molar-refractivity contribution >= 4 is 0 Å². The van der Waals surface area contributed by atoms with E-state index in [9.17, 15) is 0 Å². The number of nitrogens with zero attached hydrogens (tertiary/aromatic N) is 2. The molecule has 0 saturated heterocycles. The van der Waals surface area contributed by atoms with Crippen molar-refractivity contribution < 1.29 is 4.74 Å². The predicted molar refractivity (Wildman–Crippen MR) is 76.1 cm³/mol. The second-order valence-electron chi connectivity index (χ2n) is 4.60. The van der Waals surface area contributed by atoms with E-state index < -0.39 is 0 Å². The number of aromatic amines is 1. The summed E-state index contributed by atoms with van der Waals surface area (Å²) in [7, 11) is 0. The minimum atomic E-state index is 0.0721. The van der Waals surface area contributed by atoms with Crippen molar-refractivity contribution in [2.45, 2.75) is 25.9 Å². The van der Waals surface area contributed by atoms with Crippen LogP contribution >= 0.6 is 0 Å². The van der Waals surface area contributed by atoms with Gasteiger partial charge < -0.3 is 15.0 Å². The van der Waals surface area contributed by atoms with Crippen LogP contribution in [0.4, 0.5) is 0 Å². The molecule has 2 atom stereocenters. The standard InChI is InChI=1S/C15H18N4O/c1-11(19-12(2)15-17-8-9-18-15)13-3-5-14(6-4-13)20-10-7-16/h3-6,8-9,11-12,19H,10H2,1-2H3,(H,17,18). The van der Waals surface area contributed by atoms with Gasteiger partial charge in [-0.05, 0) is 31.5 Å². The van der Waals surface area contributed by atoms with Crippen LogP contribution in [-0.4, -0.2) is 16.6 Å². The van der Waals surface area contributed by atoms with Gasteiger partial charge in [0, 0.05) is 18.4 Å². The number of hydrogen-bond acceptors (Lipinski definition) is 4. The van der Waals surface area contributed by atoms with E-state index in [4.69, 9.17) is 10.00 Å². The predicted octanol–water partition coefficient (Wildman–Crippen LogP) is 2.72. The van der Waals surface area contributed by atoms with Crippen LogP contribution in [0.3, 0.4) is 0 Å². The van der Waals surface area contributed by atoms with Crippen LogP contribution in [0.25, 0.3) is 0 Å². The quantitative estimate of drug-likeness (QED) is 0.846. The molecule has 2 rings (SSSR count). The topological polar surface area (TPSA) is 73.7 Å². The number of nitriles is 1. The zero-order valence-corrected chi connectivity index (χ0v) is 11.6. The molecule has 20 heavy (non-hydrogen) atoms. The summed E-state index contributed by atoms with van der Waals surface area (Å²) in [5.41, 5.74) is 1.16. The fourth-order valence-corrected chi connectivity index (χ4v) is 2.03. The summed E-state index contributed by atoms with van der Waals surface area (Å²) in [6.07, 6.45) is 3.57. The number of aromatic nitrogens is 2. The molecular formula is C15H18N4O. The lowest BCUT2D eigenvalue weighted by atomic mass is 10.1. The second-order valence-corrected chi connectivity index (χ2v) is 4.60. The van der Waals surface area contributed by atoms with Crippen LogP contribution in [-0.2, 0) is 0 Å². The van der Waals surface area contributed by atoms with E-state index in [2.05, 4.69) is 29.1 Å². The highest BCUT2D eigenvalue weighted by molar-refractivity contribution is 5.29. The molecule has 0 bridgehead atoms. The lowest BCUT2D eigenvalue weighted by molar-refractivity contribution is 0.368. The van der Waals surface area contributed by atoms with Crippen LogP contribution in [0.1, 0.15) is 37.3 Å². The number of ether oxygens (including phenoxy) is 1. The third-order valence-electron chi connectivity index (χ3n) is 3.11. The van der Waals surface area contributed by atoms with Crippen LogP contribution < -0.4 is 10.1 Å². The molecule has 5 nitrogen and oxygen atoms in total. The van der Waals surface area contributed by atoms with Gasteiger partial charge in [-0.1, -0.05) is 12.1 Å². The number of benzene rings is 1. The number of H-pyrrole nitrogens is 1. The minimum Gasteiger partial charge on any atom is -0.479 e. The highest BCUT2D eigenvalue weighted by atomic mass is 16.5. The first kappa shape index (κ1) is 14.1. The monoisotopic (exact) mass is 270 g/mol. The van der Waals surface area contributed by atoms with Crippen molar-refractivity contribution in [1.82, 2.24) is 15.3 Å². The fraction of sp³-hybridized carbons (Fsp3) is 0.333. The zero-order chi connectivity index (χ0) is 14.4. The van der Waals surface area contributed by atoms with Gasteiger partial charge >= 0.3 is 0 Å². The van der Waals surface area contributed by atoms with Gasteiger partial charge in [-0.25, -0.2) is 4.98 Å². The largest absolute Gasteiger partial charge is 0.479 e. The lowest BCUT2D eigenvalue weighted by Crippen LogP contribution is -2.23. The molecule has 0 aliphatic heterocycles. The number of imidazole rings is 1. The van der Waals surface area contributed by atoms with Gasteiger partial charge in [0.1, 0.15) is 17.6 Å². The molecule has 2 unspecified atom stereocenters. The molecule has 104 valence electrons. The smallest absolute Gasteiger partial charge is 0.174 e. The first-order chi connectivity index (χ1) is 9.70. The van der Waals surface area contributed by atoms with Crippen LogP contribution in [0.15, 0.2) is 36.7 Å². The van der Waals surface area contributed by atoms with Crippen molar-refractivity contribution in [2.24, 2.45) is 0 Å². The Morgan fingerprint density at radius 2 is 2.05 bits per heavy atom. The maximum absolute atomic E-state index is 8.47. The SMILES string of the molecule is CC(NC(C)c1ncc[nH]1)c1ccc(OCC#N)cc1. The van der Waals surface area contributed by atoms with Crippen molar-refractivity contribution in [2.75, 3.05) is 6.61 Å². The Labute approximate surface area is 118 Å². The summed E-state index contributed by atoms with van der Waals surface area (Å²) in [5.74, 6) is 1.63. The van der Waals surface area contributed by atoms with Gasteiger partial charge in [0.15, 0.2) is 6.61 Å². The fourth-order valence-electron chi connectivity index (χ4n) is 2.03. The lowest BCUT2D eigenvalue weighted by Gasteiger charge is -2.19. The summed E-state index contributed by atoms with van der Waals surface area (Å²) in [6, 6.07) is 10.0. The van der Waals surface area contributed by atoms with E-state index in [1.807, 2.05) is 36.5 Å². The molecule has 0 fully saturated rings. The molecule has 1 aromatic heterocycles. The highest BCUT2D eigenvalue weighted by Crippen LogP contribution is 2.20. The third kappa shape index (κ3) is 3.59. The molecule has 0 saturated carbocycles. The van der Waals surface area contributed by atoms with E-state index in [0.29, 0.717) is 5.75 Å². The zero-order valence-electron chi connectivity index (χ0n) is 11.6. The van der Waals surface area contributed by atoms with E-state index in [1.165, 1.54) is 0 Å². The molecule has 0 amide bonds. The molecule has 0 radical (unpaired) electrons. The summed E-state index contributed by atoms with van der Waals surface area (Å²) >= 11 is 0. The normalized spacial score (nSPS) is 13.4. The molecule has 1 aromatic carbocycles.